The number of ether oxygens (including phenoxy) is 1. The highest BCUT2D eigenvalue weighted by Gasteiger charge is 2.30. The summed E-state index contributed by atoms with van der Waals surface area (Å²) in [4.78, 5) is 18.1. The van der Waals surface area contributed by atoms with Gasteiger partial charge in [-0.3, -0.25) is 9.78 Å². The fourth-order valence-corrected chi connectivity index (χ4v) is 5.94. The van der Waals surface area contributed by atoms with Gasteiger partial charge in [-0.15, -0.1) is 0 Å². The van der Waals surface area contributed by atoms with Crippen molar-refractivity contribution in [2.75, 3.05) is 32.5 Å². The first-order valence-corrected chi connectivity index (χ1v) is 13.2. The number of methoxy groups -OCH3 is 1. The average molecular weight is 499 g/mol. The molecule has 1 aliphatic heterocycles. The average Bonchev–Trinajstić information content (AvgIpc) is 3.39. The molecule has 2 N–H and O–H groups in total. The van der Waals surface area contributed by atoms with Crippen molar-refractivity contribution in [1.82, 2.24) is 9.88 Å². The van der Waals surface area contributed by atoms with Crippen LogP contribution in [0, 0.1) is 11.8 Å². The van der Waals surface area contributed by atoms with Crippen LogP contribution in [0.4, 0.5) is 0 Å². The van der Waals surface area contributed by atoms with Gasteiger partial charge in [-0.25, -0.2) is 0 Å². The number of carboxylic acid groups (broad SMARTS) is 1. The minimum Gasteiger partial charge on any atom is -0.497 e. The number of aliphatic carboxylic acids is 1. The number of hydrogen-bond acceptors (Lipinski definition) is 7. The summed E-state index contributed by atoms with van der Waals surface area (Å²) >= 11 is 1.71. The molecule has 0 saturated carbocycles. The number of benzene rings is 1. The van der Waals surface area contributed by atoms with Crippen LogP contribution >= 0.6 is 11.8 Å². The van der Waals surface area contributed by atoms with Crippen LogP contribution in [0.3, 0.4) is 0 Å². The number of pyridine rings is 1. The van der Waals surface area contributed by atoms with Crippen LogP contribution in [0.5, 0.6) is 5.75 Å². The molecule has 2 unspecified atom stereocenters. The molecule has 3 aromatic rings. The molecular weight excluding hydrogens is 464 g/mol. The van der Waals surface area contributed by atoms with E-state index in [0.717, 1.165) is 65.5 Å². The Morgan fingerprint density at radius 2 is 2.17 bits per heavy atom. The van der Waals surface area contributed by atoms with Gasteiger partial charge in [0.1, 0.15) is 5.75 Å². The van der Waals surface area contributed by atoms with Crippen LogP contribution < -0.4 is 4.74 Å². The van der Waals surface area contributed by atoms with Crippen LogP contribution in [-0.2, 0) is 4.79 Å². The predicted octanol–water partition coefficient (Wildman–Crippen LogP) is 5.25. The standard InChI is InChI=1S/C27H34N2O5S/c1-33-21-6-7-24-23(17-21)22(10-12-28-24)25(30)8-4-19-11-13-29(18-20(19)5-9-26(31)32)14-16-35-27-3-2-15-34-27/h2-3,6-7,10,12,15,17,19-20,25,30H,4-5,8-9,11,13-14,16,18H2,1H3,(H,31,32)/t19?,20?,25-/m0/s1. The van der Waals surface area contributed by atoms with Crippen molar-refractivity contribution in [2.45, 2.75) is 43.3 Å². The third-order valence-electron chi connectivity index (χ3n) is 7.00. The van der Waals surface area contributed by atoms with Gasteiger partial charge in [0.15, 0.2) is 5.09 Å². The molecule has 35 heavy (non-hydrogen) atoms. The summed E-state index contributed by atoms with van der Waals surface area (Å²) in [6.45, 7) is 2.86. The van der Waals surface area contributed by atoms with E-state index < -0.39 is 12.1 Å². The predicted molar refractivity (Wildman–Crippen MR) is 137 cm³/mol. The second-order valence-electron chi connectivity index (χ2n) is 9.20. The van der Waals surface area contributed by atoms with Gasteiger partial charge < -0.3 is 24.3 Å². The highest BCUT2D eigenvalue weighted by Crippen LogP contribution is 2.35. The normalized spacial score (nSPS) is 19.6. The van der Waals surface area contributed by atoms with E-state index >= 15 is 0 Å². The van der Waals surface area contributed by atoms with Crippen molar-refractivity contribution in [3.05, 3.63) is 54.4 Å². The van der Waals surface area contributed by atoms with Gasteiger partial charge in [0.05, 0.1) is 25.0 Å². The molecule has 0 bridgehead atoms. The van der Waals surface area contributed by atoms with E-state index in [0.29, 0.717) is 24.7 Å². The Morgan fingerprint density at radius 1 is 1.29 bits per heavy atom. The first-order chi connectivity index (χ1) is 17.0. The fourth-order valence-electron chi connectivity index (χ4n) is 5.09. The smallest absolute Gasteiger partial charge is 0.303 e. The number of fused-ring (bicyclic) bond motifs is 1. The number of carboxylic acids is 1. The second kappa shape index (κ2) is 12.4. The van der Waals surface area contributed by atoms with Crippen molar-refractivity contribution in [3.8, 4) is 5.75 Å². The van der Waals surface area contributed by atoms with Crippen LogP contribution in [0.25, 0.3) is 10.9 Å². The maximum Gasteiger partial charge on any atom is 0.303 e. The Morgan fingerprint density at radius 3 is 2.94 bits per heavy atom. The molecule has 1 aromatic carbocycles. The lowest BCUT2D eigenvalue weighted by Gasteiger charge is -2.39. The number of aromatic nitrogens is 1. The molecule has 7 nitrogen and oxygen atoms in total. The number of furan rings is 1. The zero-order valence-corrected chi connectivity index (χ0v) is 21.0. The van der Waals surface area contributed by atoms with Crippen molar-refractivity contribution < 1.29 is 24.2 Å². The van der Waals surface area contributed by atoms with Crippen molar-refractivity contribution in [1.29, 1.82) is 0 Å². The van der Waals surface area contributed by atoms with Crippen molar-refractivity contribution >= 4 is 28.6 Å². The maximum absolute atomic E-state index is 11.3. The number of rotatable bonds is 12. The lowest BCUT2D eigenvalue weighted by Crippen LogP contribution is -2.41. The summed E-state index contributed by atoms with van der Waals surface area (Å²) in [7, 11) is 1.63. The maximum atomic E-state index is 11.3. The zero-order chi connectivity index (χ0) is 24.6. The summed E-state index contributed by atoms with van der Waals surface area (Å²) in [6, 6.07) is 11.5. The van der Waals surface area contributed by atoms with Gasteiger partial charge in [-0.05, 0) is 86.0 Å². The fraction of sp³-hybridized carbons (Fsp3) is 0.481. The van der Waals surface area contributed by atoms with E-state index in [1.165, 1.54) is 0 Å². The van der Waals surface area contributed by atoms with Gasteiger partial charge in [0.2, 0.25) is 0 Å². The SMILES string of the molecule is COc1ccc2nccc([C@@H](O)CCC3CCN(CCSc4ccco4)CC3CCC(=O)O)c2c1. The summed E-state index contributed by atoms with van der Waals surface area (Å²) in [5, 5.41) is 22.2. The second-order valence-corrected chi connectivity index (χ2v) is 10.3. The highest BCUT2D eigenvalue weighted by atomic mass is 32.2. The minimum absolute atomic E-state index is 0.188. The molecule has 0 spiro atoms. The largest absolute Gasteiger partial charge is 0.497 e. The van der Waals surface area contributed by atoms with E-state index in [1.54, 1.807) is 31.3 Å². The van der Waals surface area contributed by atoms with Gasteiger partial charge in [0.25, 0.3) is 0 Å². The van der Waals surface area contributed by atoms with Crippen LogP contribution in [0.1, 0.15) is 43.8 Å². The van der Waals surface area contributed by atoms with Gasteiger partial charge in [0, 0.05) is 36.8 Å². The summed E-state index contributed by atoms with van der Waals surface area (Å²) < 4.78 is 10.8. The summed E-state index contributed by atoms with van der Waals surface area (Å²) in [6.07, 6.45) is 6.22. The number of piperidine rings is 1. The third kappa shape index (κ3) is 6.99. The monoisotopic (exact) mass is 498 g/mol. The van der Waals surface area contributed by atoms with Gasteiger partial charge in [-0.2, -0.15) is 0 Å². The number of aliphatic hydroxyl groups excluding tert-OH is 1. The van der Waals surface area contributed by atoms with Crippen LogP contribution in [-0.4, -0.2) is 58.6 Å². The van der Waals surface area contributed by atoms with Crippen molar-refractivity contribution in [3.63, 3.8) is 0 Å². The lowest BCUT2D eigenvalue weighted by molar-refractivity contribution is -0.137. The molecule has 3 heterocycles. The lowest BCUT2D eigenvalue weighted by atomic mass is 9.79. The molecule has 1 saturated heterocycles. The van der Waals surface area contributed by atoms with E-state index in [9.17, 15) is 15.0 Å². The number of hydrogen-bond donors (Lipinski definition) is 2. The molecule has 1 fully saturated rings. The number of likely N-dealkylation sites (tertiary alicyclic amines) is 1. The number of thioether (sulfide) groups is 1. The Balaban J connectivity index is 1.36. The summed E-state index contributed by atoms with van der Waals surface area (Å²) in [5.41, 5.74) is 1.70. The Labute approximate surface area is 210 Å². The molecule has 8 heteroatoms. The minimum atomic E-state index is -0.744. The van der Waals surface area contributed by atoms with Crippen LogP contribution in [0.15, 0.2) is 58.4 Å². The molecular formula is C27H34N2O5S. The Hall–Kier alpha value is -2.55. The molecule has 188 valence electrons. The zero-order valence-electron chi connectivity index (χ0n) is 20.1. The van der Waals surface area contributed by atoms with E-state index in [-0.39, 0.29) is 6.42 Å². The summed E-state index contributed by atoms with van der Waals surface area (Å²) in [5.74, 6) is 1.66. The number of nitrogens with zero attached hydrogens (tertiary/aromatic N) is 2. The quantitative estimate of drug-likeness (QED) is 0.327. The van der Waals surface area contributed by atoms with E-state index in [4.69, 9.17) is 9.15 Å². The van der Waals surface area contributed by atoms with E-state index in [2.05, 4.69) is 9.88 Å². The first kappa shape index (κ1) is 25.5. The topological polar surface area (TPSA) is 96.0 Å². The molecule has 0 aliphatic carbocycles. The highest BCUT2D eigenvalue weighted by molar-refractivity contribution is 7.99. The molecule has 4 rings (SSSR count). The molecule has 1 aliphatic rings. The van der Waals surface area contributed by atoms with Crippen molar-refractivity contribution in [2.24, 2.45) is 11.8 Å². The van der Waals surface area contributed by atoms with E-state index in [1.807, 2.05) is 36.4 Å². The molecule has 2 aromatic heterocycles. The van der Waals surface area contributed by atoms with Gasteiger partial charge in [-0.1, -0.05) is 11.8 Å². The first-order valence-electron chi connectivity index (χ1n) is 12.2. The van der Waals surface area contributed by atoms with Crippen LogP contribution in [0.2, 0.25) is 0 Å². The Kier molecular flexibility index (Phi) is 9.06. The molecule has 3 atom stereocenters. The molecule has 0 radical (unpaired) electrons. The number of aliphatic hydroxyl groups is 1. The molecule has 0 amide bonds. The Bertz CT molecular complexity index is 1090. The third-order valence-corrected chi connectivity index (χ3v) is 7.91. The van der Waals surface area contributed by atoms with Gasteiger partial charge >= 0.3 is 5.97 Å². The number of carbonyl (C=O) groups is 1.